The van der Waals surface area contributed by atoms with Gasteiger partial charge in [0.25, 0.3) is 0 Å². The zero-order valence-corrected chi connectivity index (χ0v) is 9.09. The molecule has 0 aliphatic carbocycles. The molecule has 0 bridgehead atoms. The molecule has 1 fully saturated rings. The van der Waals surface area contributed by atoms with Gasteiger partial charge in [-0.2, -0.15) is 0 Å². The van der Waals surface area contributed by atoms with Gasteiger partial charge in [-0.3, -0.25) is 4.79 Å². The fourth-order valence-electron chi connectivity index (χ4n) is 1.92. The van der Waals surface area contributed by atoms with Crippen LogP contribution in [-0.2, 0) is 9.53 Å². The van der Waals surface area contributed by atoms with Crippen molar-refractivity contribution in [1.82, 2.24) is 0 Å². The summed E-state index contributed by atoms with van der Waals surface area (Å²) in [6, 6.07) is 0. The van der Waals surface area contributed by atoms with Crippen molar-refractivity contribution in [3.8, 4) is 0 Å². The van der Waals surface area contributed by atoms with Crippen LogP contribution in [0.5, 0.6) is 0 Å². The molecule has 0 N–H and O–H groups in total. The lowest BCUT2D eigenvalue weighted by atomic mass is 9.81. The molecule has 2 nitrogen and oxygen atoms in total. The second-order valence-electron chi connectivity index (χ2n) is 4.50. The number of hydrogen-bond donors (Lipinski definition) is 0. The molecule has 2 unspecified atom stereocenters. The molecule has 76 valence electrons. The lowest BCUT2D eigenvalue weighted by Crippen LogP contribution is -2.35. The van der Waals surface area contributed by atoms with Crippen LogP contribution in [0.3, 0.4) is 0 Å². The summed E-state index contributed by atoms with van der Waals surface area (Å²) in [6.07, 6.45) is 1.83. The van der Waals surface area contributed by atoms with Crippen molar-refractivity contribution < 1.29 is 9.53 Å². The zero-order chi connectivity index (χ0) is 10.1. The molecule has 0 radical (unpaired) electrons. The van der Waals surface area contributed by atoms with Gasteiger partial charge in [-0.25, -0.2) is 0 Å². The summed E-state index contributed by atoms with van der Waals surface area (Å²) in [6.45, 7) is 8.85. The van der Waals surface area contributed by atoms with Crippen LogP contribution < -0.4 is 0 Å². The van der Waals surface area contributed by atoms with Gasteiger partial charge in [0.15, 0.2) is 0 Å². The fourth-order valence-corrected chi connectivity index (χ4v) is 1.92. The molecule has 1 aliphatic heterocycles. The van der Waals surface area contributed by atoms with Gasteiger partial charge in [0.1, 0.15) is 5.78 Å². The van der Waals surface area contributed by atoms with Crippen LogP contribution in [0.1, 0.15) is 40.5 Å². The Bertz CT molecular complexity index is 196. The highest BCUT2D eigenvalue weighted by atomic mass is 16.5. The minimum absolute atomic E-state index is 0.113. The first-order valence-electron chi connectivity index (χ1n) is 5.16. The van der Waals surface area contributed by atoms with Crippen molar-refractivity contribution in [2.45, 2.75) is 46.1 Å². The highest BCUT2D eigenvalue weighted by Gasteiger charge is 2.41. The van der Waals surface area contributed by atoms with E-state index in [0.29, 0.717) is 5.78 Å². The van der Waals surface area contributed by atoms with Crippen LogP contribution >= 0.6 is 0 Å². The van der Waals surface area contributed by atoms with Crippen molar-refractivity contribution >= 4 is 5.78 Å². The van der Waals surface area contributed by atoms with E-state index >= 15 is 0 Å². The van der Waals surface area contributed by atoms with E-state index in [4.69, 9.17) is 4.74 Å². The van der Waals surface area contributed by atoms with Gasteiger partial charge in [0.05, 0.1) is 5.60 Å². The molecule has 1 saturated heterocycles. The number of ether oxygens (including phenoxy) is 1. The normalized spacial score (nSPS) is 28.8. The number of carbonyl (C=O) groups excluding carboxylic acids is 1. The number of carbonyl (C=O) groups is 1. The number of Topliss-reactive ketones (excluding diaryl/α,β-unsaturated/α-hetero) is 1. The van der Waals surface area contributed by atoms with Crippen molar-refractivity contribution in [3.05, 3.63) is 0 Å². The molecule has 1 heterocycles. The summed E-state index contributed by atoms with van der Waals surface area (Å²) in [5, 5.41) is 0. The third kappa shape index (κ3) is 2.11. The Morgan fingerprint density at radius 2 is 2.23 bits per heavy atom. The molecule has 13 heavy (non-hydrogen) atoms. The third-order valence-corrected chi connectivity index (χ3v) is 3.16. The molecule has 2 heteroatoms. The summed E-state index contributed by atoms with van der Waals surface area (Å²) in [4.78, 5) is 11.9. The summed E-state index contributed by atoms with van der Waals surface area (Å²) in [5.41, 5.74) is -0.236. The van der Waals surface area contributed by atoms with E-state index < -0.39 is 0 Å². The SMILES string of the molecule is CCC(C)C(=O)C1CCOC1(C)C. The van der Waals surface area contributed by atoms with Gasteiger partial charge in [0.2, 0.25) is 0 Å². The maximum Gasteiger partial charge on any atom is 0.141 e. The molecule has 0 spiro atoms. The second kappa shape index (κ2) is 3.79. The first-order chi connectivity index (χ1) is 5.99. The molecule has 1 aliphatic rings. The van der Waals surface area contributed by atoms with Gasteiger partial charge >= 0.3 is 0 Å². The quantitative estimate of drug-likeness (QED) is 0.673. The maximum atomic E-state index is 11.9. The van der Waals surface area contributed by atoms with E-state index in [9.17, 15) is 4.79 Å². The van der Waals surface area contributed by atoms with Crippen LogP contribution in [0.15, 0.2) is 0 Å². The third-order valence-electron chi connectivity index (χ3n) is 3.16. The Balaban J connectivity index is 2.66. The number of ketones is 1. The topological polar surface area (TPSA) is 26.3 Å². The average molecular weight is 184 g/mol. The first-order valence-corrected chi connectivity index (χ1v) is 5.16. The predicted octanol–water partition coefficient (Wildman–Crippen LogP) is 2.42. The Morgan fingerprint density at radius 1 is 1.62 bits per heavy atom. The molecule has 0 saturated carbocycles. The molecule has 0 aromatic rings. The van der Waals surface area contributed by atoms with E-state index in [-0.39, 0.29) is 17.4 Å². The fraction of sp³-hybridized carbons (Fsp3) is 0.909. The smallest absolute Gasteiger partial charge is 0.141 e. The van der Waals surface area contributed by atoms with Gasteiger partial charge in [-0.1, -0.05) is 13.8 Å². The van der Waals surface area contributed by atoms with Crippen LogP contribution in [0, 0.1) is 11.8 Å². The molecule has 2 atom stereocenters. The monoisotopic (exact) mass is 184 g/mol. The molecule has 1 rings (SSSR count). The highest BCUT2D eigenvalue weighted by molar-refractivity contribution is 5.84. The summed E-state index contributed by atoms with van der Waals surface area (Å²) < 4.78 is 5.55. The molecule has 0 aromatic carbocycles. The molecular weight excluding hydrogens is 164 g/mol. The average Bonchev–Trinajstić information content (AvgIpc) is 2.42. The van der Waals surface area contributed by atoms with E-state index in [1.807, 2.05) is 20.8 Å². The lowest BCUT2D eigenvalue weighted by Gasteiger charge is -2.26. The van der Waals surface area contributed by atoms with Gasteiger partial charge in [0, 0.05) is 18.4 Å². The first kappa shape index (κ1) is 10.7. The van der Waals surface area contributed by atoms with Crippen LogP contribution in [-0.4, -0.2) is 18.0 Å². The lowest BCUT2D eigenvalue weighted by molar-refractivity contribution is -0.130. The minimum Gasteiger partial charge on any atom is -0.375 e. The minimum atomic E-state index is -0.236. The van der Waals surface area contributed by atoms with Gasteiger partial charge in [-0.05, 0) is 26.7 Å². The number of hydrogen-bond acceptors (Lipinski definition) is 2. The van der Waals surface area contributed by atoms with E-state index in [1.54, 1.807) is 0 Å². The van der Waals surface area contributed by atoms with Crippen LogP contribution in [0.4, 0.5) is 0 Å². The Labute approximate surface area is 80.7 Å². The molecule has 0 aromatic heterocycles. The Morgan fingerprint density at radius 3 is 2.62 bits per heavy atom. The van der Waals surface area contributed by atoms with E-state index in [2.05, 4.69) is 6.92 Å². The summed E-state index contributed by atoms with van der Waals surface area (Å²) in [7, 11) is 0. The standard InChI is InChI=1S/C11H20O2/c1-5-8(2)10(12)9-6-7-13-11(9,3)4/h8-9H,5-7H2,1-4H3. The highest BCUT2D eigenvalue weighted by Crippen LogP contribution is 2.34. The number of rotatable bonds is 3. The predicted molar refractivity (Wildman–Crippen MR) is 52.6 cm³/mol. The second-order valence-corrected chi connectivity index (χ2v) is 4.50. The maximum absolute atomic E-state index is 11.9. The van der Waals surface area contributed by atoms with Crippen LogP contribution in [0.25, 0.3) is 0 Å². The van der Waals surface area contributed by atoms with Crippen LogP contribution in [0.2, 0.25) is 0 Å². The summed E-state index contributed by atoms with van der Waals surface area (Å²) >= 11 is 0. The largest absolute Gasteiger partial charge is 0.375 e. The van der Waals surface area contributed by atoms with Crippen molar-refractivity contribution in [2.24, 2.45) is 11.8 Å². The van der Waals surface area contributed by atoms with E-state index in [1.165, 1.54) is 0 Å². The Hall–Kier alpha value is -0.370. The van der Waals surface area contributed by atoms with E-state index in [0.717, 1.165) is 19.4 Å². The zero-order valence-electron chi connectivity index (χ0n) is 9.09. The molecule has 0 amide bonds. The summed E-state index contributed by atoms with van der Waals surface area (Å²) in [5.74, 6) is 0.679. The van der Waals surface area contributed by atoms with Crippen molar-refractivity contribution in [1.29, 1.82) is 0 Å². The van der Waals surface area contributed by atoms with Gasteiger partial charge < -0.3 is 4.74 Å². The molecular formula is C11H20O2. The van der Waals surface area contributed by atoms with Crippen molar-refractivity contribution in [2.75, 3.05) is 6.61 Å². The Kier molecular flexibility index (Phi) is 3.12. The van der Waals surface area contributed by atoms with Crippen molar-refractivity contribution in [3.63, 3.8) is 0 Å². The van der Waals surface area contributed by atoms with Gasteiger partial charge in [-0.15, -0.1) is 0 Å².